The fourth-order valence-corrected chi connectivity index (χ4v) is 2.89. The molecule has 1 aliphatic heterocycles. The summed E-state index contributed by atoms with van der Waals surface area (Å²) in [6, 6.07) is 0.569. The summed E-state index contributed by atoms with van der Waals surface area (Å²) in [7, 11) is 0. The number of halogens is 1. The van der Waals surface area contributed by atoms with Gasteiger partial charge in [0.25, 0.3) is 0 Å². The molecule has 2 heterocycles. The van der Waals surface area contributed by atoms with Crippen LogP contribution in [0.3, 0.4) is 0 Å². The van der Waals surface area contributed by atoms with E-state index in [0.717, 1.165) is 37.8 Å². The maximum atomic E-state index is 5.66. The summed E-state index contributed by atoms with van der Waals surface area (Å²) >= 11 is 0. The Morgan fingerprint density at radius 3 is 2.84 bits per heavy atom. The maximum absolute atomic E-state index is 5.66. The van der Waals surface area contributed by atoms with Gasteiger partial charge in [-0.2, -0.15) is 0 Å². The summed E-state index contributed by atoms with van der Waals surface area (Å²) in [5, 5.41) is 12.1. The zero-order chi connectivity index (χ0) is 12.4. The monoisotopic (exact) mass is 286 g/mol. The Labute approximate surface area is 120 Å². The van der Waals surface area contributed by atoms with Crippen molar-refractivity contribution in [3.05, 3.63) is 5.82 Å². The third-order valence-electron chi connectivity index (χ3n) is 4.00. The van der Waals surface area contributed by atoms with Gasteiger partial charge >= 0.3 is 0 Å². The normalized spacial score (nSPS) is 24.2. The van der Waals surface area contributed by atoms with Crippen molar-refractivity contribution in [2.24, 2.45) is 11.7 Å². The quantitative estimate of drug-likeness (QED) is 0.874. The fraction of sp³-hybridized carbons (Fsp3) is 0.917. The van der Waals surface area contributed by atoms with Gasteiger partial charge in [0.15, 0.2) is 5.82 Å². The zero-order valence-corrected chi connectivity index (χ0v) is 12.1. The predicted molar refractivity (Wildman–Crippen MR) is 75.0 cm³/mol. The lowest BCUT2D eigenvalue weighted by atomic mass is 9.95. The topological polar surface area (TPSA) is 72.9 Å². The van der Waals surface area contributed by atoms with E-state index in [0.29, 0.717) is 6.04 Å². The van der Waals surface area contributed by atoms with E-state index >= 15 is 0 Å². The predicted octanol–water partition coefficient (Wildman–Crippen LogP) is 0.991. The third-order valence-corrected chi connectivity index (χ3v) is 4.00. The Kier molecular flexibility index (Phi) is 5.13. The Hall–Kier alpha value is -0.720. The zero-order valence-electron chi connectivity index (χ0n) is 11.2. The van der Waals surface area contributed by atoms with Crippen LogP contribution in [0.25, 0.3) is 0 Å². The Morgan fingerprint density at radius 1 is 1.26 bits per heavy atom. The number of nitrogens with zero attached hydrogens (tertiary/aromatic N) is 5. The van der Waals surface area contributed by atoms with Crippen LogP contribution in [0.2, 0.25) is 0 Å². The first-order valence-corrected chi connectivity index (χ1v) is 7.06. The van der Waals surface area contributed by atoms with Crippen molar-refractivity contribution in [1.29, 1.82) is 0 Å². The first-order chi connectivity index (χ1) is 8.86. The fourth-order valence-electron chi connectivity index (χ4n) is 2.89. The molecule has 1 aromatic heterocycles. The lowest BCUT2D eigenvalue weighted by Crippen LogP contribution is -2.36. The number of tetrazole rings is 1. The molecule has 1 atom stereocenters. The Balaban J connectivity index is 0.00000133. The van der Waals surface area contributed by atoms with E-state index < -0.39 is 0 Å². The highest BCUT2D eigenvalue weighted by Crippen LogP contribution is 2.34. The van der Waals surface area contributed by atoms with Gasteiger partial charge in [-0.1, -0.05) is 0 Å². The van der Waals surface area contributed by atoms with Crippen molar-refractivity contribution in [1.82, 2.24) is 25.1 Å². The number of hydrogen-bond acceptors (Lipinski definition) is 5. The van der Waals surface area contributed by atoms with E-state index in [1.165, 1.54) is 32.2 Å². The van der Waals surface area contributed by atoms with Gasteiger partial charge in [0.1, 0.15) is 0 Å². The van der Waals surface area contributed by atoms with Crippen molar-refractivity contribution < 1.29 is 0 Å². The van der Waals surface area contributed by atoms with Gasteiger partial charge in [0.2, 0.25) is 0 Å². The highest BCUT2D eigenvalue weighted by Gasteiger charge is 2.29. The van der Waals surface area contributed by atoms with Gasteiger partial charge in [-0.05, 0) is 61.5 Å². The highest BCUT2D eigenvalue weighted by atomic mass is 35.5. The largest absolute Gasteiger partial charge is 0.330 e. The van der Waals surface area contributed by atoms with Crippen LogP contribution < -0.4 is 5.73 Å². The lowest BCUT2D eigenvalue weighted by molar-refractivity contribution is 0.157. The molecule has 19 heavy (non-hydrogen) atoms. The summed E-state index contributed by atoms with van der Waals surface area (Å²) in [5.74, 6) is 1.79. The van der Waals surface area contributed by atoms with E-state index in [9.17, 15) is 0 Å². The highest BCUT2D eigenvalue weighted by molar-refractivity contribution is 5.85. The SMILES string of the molecule is Cl.NCCC1CCCN(Cc2nnnn2C2CC2)C1. The van der Waals surface area contributed by atoms with Crippen LogP contribution in [-0.4, -0.2) is 44.7 Å². The van der Waals surface area contributed by atoms with Crippen LogP contribution in [0.4, 0.5) is 0 Å². The molecule has 2 N–H and O–H groups in total. The molecule has 0 amide bonds. The standard InChI is InChI=1S/C12H22N6.ClH/c13-6-5-10-2-1-7-17(8-10)9-12-14-15-16-18(12)11-3-4-11;/h10-11H,1-9,13H2;1H. The van der Waals surface area contributed by atoms with Crippen molar-refractivity contribution in [2.75, 3.05) is 19.6 Å². The molecule has 0 spiro atoms. The Bertz CT molecular complexity index is 389. The molecule has 1 saturated heterocycles. The molecular weight excluding hydrogens is 264 g/mol. The summed E-state index contributed by atoms with van der Waals surface area (Å²) < 4.78 is 2.02. The van der Waals surface area contributed by atoms with E-state index in [2.05, 4.69) is 20.4 Å². The minimum Gasteiger partial charge on any atom is -0.330 e. The lowest BCUT2D eigenvalue weighted by Gasteiger charge is -2.32. The summed E-state index contributed by atoms with van der Waals surface area (Å²) in [6.07, 6.45) is 6.20. The summed E-state index contributed by atoms with van der Waals surface area (Å²) in [5.41, 5.74) is 5.66. The van der Waals surface area contributed by atoms with E-state index in [1.54, 1.807) is 0 Å². The minimum absolute atomic E-state index is 0. The molecule has 6 nitrogen and oxygen atoms in total. The van der Waals surface area contributed by atoms with Gasteiger partial charge in [-0.3, -0.25) is 4.90 Å². The molecule has 2 fully saturated rings. The van der Waals surface area contributed by atoms with Crippen LogP contribution >= 0.6 is 12.4 Å². The Morgan fingerprint density at radius 2 is 2.11 bits per heavy atom. The second-order valence-corrected chi connectivity index (χ2v) is 5.59. The first-order valence-electron chi connectivity index (χ1n) is 7.06. The molecule has 0 bridgehead atoms. The number of nitrogens with two attached hydrogens (primary N) is 1. The molecule has 1 saturated carbocycles. The van der Waals surface area contributed by atoms with Gasteiger partial charge in [0.05, 0.1) is 12.6 Å². The summed E-state index contributed by atoms with van der Waals surface area (Å²) in [6.45, 7) is 4.01. The van der Waals surface area contributed by atoms with Crippen molar-refractivity contribution in [2.45, 2.75) is 44.7 Å². The molecule has 1 aliphatic carbocycles. The molecular formula is C12H23ClN6. The van der Waals surface area contributed by atoms with E-state index in [1.807, 2.05) is 4.68 Å². The van der Waals surface area contributed by atoms with Crippen molar-refractivity contribution in [3.63, 3.8) is 0 Å². The average molecular weight is 287 g/mol. The van der Waals surface area contributed by atoms with Crippen LogP contribution in [0.15, 0.2) is 0 Å². The molecule has 1 unspecified atom stereocenters. The number of rotatable bonds is 5. The smallest absolute Gasteiger partial charge is 0.165 e. The van der Waals surface area contributed by atoms with Gasteiger partial charge in [-0.25, -0.2) is 4.68 Å². The van der Waals surface area contributed by atoms with E-state index in [4.69, 9.17) is 5.73 Å². The molecule has 0 radical (unpaired) electrons. The number of likely N-dealkylation sites (tertiary alicyclic amines) is 1. The molecule has 1 aromatic rings. The van der Waals surface area contributed by atoms with Crippen molar-refractivity contribution in [3.8, 4) is 0 Å². The van der Waals surface area contributed by atoms with E-state index in [-0.39, 0.29) is 12.4 Å². The van der Waals surface area contributed by atoms with Crippen LogP contribution in [-0.2, 0) is 6.54 Å². The number of hydrogen-bond donors (Lipinski definition) is 1. The van der Waals surface area contributed by atoms with Crippen LogP contribution in [0, 0.1) is 5.92 Å². The molecule has 108 valence electrons. The second kappa shape index (κ2) is 6.63. The second-order valence-electron chi connectivity index (χ2n) is 5.59. The number of piperidine rings is 1. The van der Waals surface area contributed by atoms with Crippen molar-refractivity contribution >= 4 is 12.4 Å². The number of aromatic nitrogens is 4. The third kappa shape index (κ3) is 3.64. The molecule has 7 heteroatoms. The van der Waals surface area contributed by atoms with Gasteiger partial charge in [0, 0.05) is 6.54 Å². The molecule has 0 aromatic carbocycles. The average Bonchev–Trinajstić information content (AvgIpc) is 3.12. The first kappa shape index (κ1) is 14.7. The van der Waals surface area contributed by atoms with Gasteiger partial charge in [-0.15, -0.1) is 17.5 Å². The maximum Gasteiger partial charge on any atom is 0.165 e. The van der Waals surface area contributed by atoms with Gasteiger partial charge < -0.3 is 5.73 Å². The van der Waals surface area contributed by atoms with Crippen LogP contribution in [0.1, 0.15) is 44.0 Å². The summed E-state index contributed by atoms with van der Waals surface area (Å²) in [4.78, 5) is 2.48. The molecule has 3 rings (SSSR count). The molecule has 2 aliphatic rings. The minimum atomic E-state index is 0. The van der Waals surface area contributed by atoms with Crippen LogP contribution in [0.5, 0.6) is 0 Å².